The molecular formula is C20H13BrFN3. The molecule has 0 aliphatic rings. The third-order valence-electron chi connectivity index (χ3n) is 3.91. The van der Waals surface area contributed by atoms with Crippen molar-refractivity contribution in [2.45, 2.75) is 6.42 Å². The normalized spacial score (nSPS) is 11.0. The molecule has 0 N–H and O–H groups in total. The summed E-state index contributed by atoms with van der Waals surface area (Å²) in [5, 5.41) is 0.985. The number of hydrogen-bond donors (Lipinski definition) is 0. The highest BCUT2D eigenvalue weighted by atomic mass is 79.9. The van der Waals surface area contributed by atoms with Gasteiger partial charge in [-0.3, -0.25) is 0 Å². The Morgan fingerprint density at radius 3 is 2.68 bits per heavy atom. The van der Waals surface area contributed by atoms with Gasteiger partial charge in [-0.25, -0.2) is 19.3 Å². The Kier molecular flexibility index (Phi) is 4.24. The van der Waals surface area contributed by atoms with Gasteiger partial charge in [-0.2, -0.15) is 0 Å². The molecule has 2 heterocycles. The van der Waals surface area contributed by atoms with Crippen molar-refractivity contribution in [2.75, 3.05) is 0 Å². The van der Waals surface area contributed by atoms with Gasteiger partial charge in [0.05, 0.1) is 5.52 Å². The van der Waals surface area contributed by atoms with E-state index in [4.69, 9.17) is 0 Å². The lowest BCUT2D eigenvalue weighted by atomic mass is 10.1. The molecule has 0 spiro atoms. The maximum absolute atomic E-state index is 14.1. The first kappa shape index (κ1) is 15.8. The number of nitrogens with zero attached hydrogens (tertiary/aromatic N) is 3. The highest BCUT2D eigenvalue weighted by molar-refractivity contribution is 9.10. The lowest BCUT2D eigenvalue weighted by Crippen LogP contribution is -1.98. The van der Waals surface area contributed by atoms with Gasteiger partial charge in [-0.15, -0.1) is 0 Å². The topological polar surface area (TPSA) is 38.7 Å². The number of hydrogen-bond acceptors (Lipinski definition) is 3. The van der Waals surface area contributed by atoms with Gasteiger partial charge in [0.25, 0.3) is 0 Å². The highest BCUT2D eigenvalue weighted by Crippen LogP contribution is 2.20. The van der Waals surface area contributed by atoms with Crippen LogP contribution < -0.4 is 0 Å². The summed E-state index contributed by atoms with van der Waals surface area (Å²) < 4.78 is 14.8. The molecule has 0 saturated heterocycles. The van der Waals surface area contributed by atoms with Crippen molar-refractivity contribution in [1.82, 2.24) is 15.0 Å². The second-order valence-corrected chi connectivity index (χ2v) is 6.59. The molecule has 4 aromatic rings. The fourth-order valence-electron chi connectivity index (χ4n) is 2.66. The van der Waals surface area contributed by atoms with Crippen LogP contribution in [0.2, 0.25) is 0 Å². The molecule has 122 valence electrons. The molecule has 2 aromatic carbocycles. The van der Waals surface area contributed by atoms with Crippen molar-refractivity contribution in [2.24, 2.45) is 0 Å². The van der Waals surface area contributed by atoms with Gasteiger partial charge in [0.2, 0.25) is 0 Å². The van der Waals surface area contributed by atoms with E-state index in [0.29, 0.717) is 23.5 Å². The first-order valence-electron chi connectivity index (χ1n) is 7.81. The number of rotatable bonds is 3. The lowest BCUT2D eigenvalue weighted by molar-refractivity contribution is 0.612. The maximum Gasteiger partial charge on any atom is 0.178 e. The van der Waals surface area contributed by atoms with Gasteiger partial charge in [0, 0.05) is 28.2 Å². The summed E-state index contributed by atoms with van der Waals surface area (Å²) in [7, 11) is 0. The van der Waals surface area contributed by atoms with Crippen molar-refractivity contribution >= 4 is 26.8 Å². The second-order valence-electron chi connectivity index (χ2n) is 5.68. The Balaban J connectivity index is 1.68. The second kappa shape index (κ2) is 6.69. The van der Waals surface area contributed by atoms with E-state index in [1.165, 1.54) is 6.07 Å². The van der Waals surface area contributed by atoms with E-state index in [-0.39, 0.29) is 5.82 Å². The molecule has 0 aliphatic carbocycles. The Labute approximate surface area is 152 Å². The molecule has 0 unspecified atom stereocenters. The van der Waals surface area contributed by atoms with Gasteiger partial charge in [0.15, 0.2) is 5.82 Å². The average Bonchev–Trinajstić information content (AvgIpc) is 2.64. The van der Waals surface area contributed by atoms with E-state index >= 15 is 0 Å². The van der Waals surface area contributed by atoms with Crippen molar-refractivity contribution < 1.29 is 4.39 Å². The van der Waals surface area contributed by atoms with Crippen molar-refractivity contribution in [3.63, 3.8) is 0 Å². The summed E-state index contributed by atoms with van der Waals surface area (Å²) in [4.78, 5) is 13.6. The Hall–Kier alpha value is -2.66. The van der Waals surface area contributed by atoms with Crippen LogP contribution in [0, 0.1) is 5.82 Å². The number of aromatic nitrogens is 3. The first-order valence-corrected chi connectivity index (χ1v) is 8.60. The molecule has 25 heavy (non-hydrogen) atoms. The van der Waals surface area contributed by atoms with Crippen LogP contribution in [0.1, 0.15) is 11.3 Å². The van der Waals surface area contributed by atoms with E-state index in [9.17, 15) is 4.39 Å². The van der Waals surface area contributed by atoms with E-state index in [1.54, 1.807) is 12.3 Å². The number of para-hydroxylation sites is 1. The molecule has 0 bridgehead atoms. The molecule has 0 amide bonds. The Morgan fingerprint density at radius 2 is 1.80 bits per heavy atom. The van der Waals surface area contributed by atoms with Gasteiger partial charge in [0.1, 0.15) is 11.5 Å². The summed E-state index contributed by atoms with van der Waals surface area (Å²) in [6, 6.07) is 18.5. The minimum Gasteiger partial charge on any atom is -0.249 e. The molecule has 0 radical (unpaired) electrons. The SMILES string of the molecule is Fc1cc(Br)ccc1Cc1cccc(-c2ncc3ccccc3n2)n1. The third-order valence-corrected chi connectivity index (χ3v) is 4.40. The van der Waals surface area contributed by atoms with E-state index in [1.807, 2.05) is 48.5 Å². The quantitative estimate of drug-likeness (QED) is 0.480. The summed E-state index contributed by atoms with van der Waals surface area (Å²) in [5.74, 6) is 0.320. The van der Waals surface area contributed by atoms with Crippen molar-refractivity contribution in [3.8, 4) is 11.5 Å². The van der Waals surface area contributed by atoms with Gasteiger partial charge < -0.3 is 0 Å². The standard InChI is InChI=1S/C20H13BrFN3/c21-15-9-8-13(17(22)11-15)10-16-5-3-7-19(24-16)20-23-12-14-4-1-2-6-18(14)25-20/h1-9,11-12H,10H2. The molecule has 0 aliphatic heterocycles. The van der Waals surface area contributed by atoms with Crippen LogP contribution in [-0.2, 0) is 6.42 Å². The largest absolute Gasteiger partial charge is 0.249 e. The fraction of sp³-hybridized carbons (Fsp3) is 0.0500. The average molecular weight is 394 g/mol. The zero-order valence-corrected chi connectivity index (χ0v) is 14.7. The van der Waals surface area contributed by atoms with E-state index < -0.39 is 0 Å². The summed E-state index contributed by atoms with van der Waals surface area (Å²) in [5.41, 5.74) is 2.93. The third kappa shape index (κ3) is 3.42. The van der Waals surface area contributed by atoms with Crippen LogP contribution in [0.3, 0.4) is 0 Å². The predicted molar refractivity (Wildman–Crippen MR) is 99.7 cm³/mol. The van der Waals surface area contributed by atoms with Crippen LogP contribution in [0.15, 0.2) is 71.3 Å². The molecule has 0 saturated carbocycles. The number of fused-ring (bicyclic) bond motifs is 1. The summed E-state index contributed by atoms with van der Waals surface area (Å²) >= 11 is 3.27. The van der Waals surface area contributed by atoms with Crippen LogP contribution >= 0.6 is 15.9 Å². The highest BCUT2D eigenvalue weighted by Gasteiger charge is 2.08. The predicted octanol–water partition coefficient (Wildman–Crippen LogP) is 5.18. The van der Waals surface area contributed by atoms with Crippen LogP contribution in [0.5, 0.6) is 0 Å². The van der Waals surface area contributed by atoms with Gasteiger partial charge in [-0.1, -0.05) is 46.3 Å². The minimum absolute atomic E-state index is 0.247. The smallest absolute Gasteiger partial charge is 0.178 e. The Morgan fingerprint density at radius 1 is 0.920 bits per heavy atom. The minimum atomic E-state index is -0.247. The molecular weight excluding hydrogens is 381 g/mol. The van der Waals surface area contributed by atoms with Gasteiger partial charge in [-0.05, 0) is 35.9 Å². The summed E-state index contributed by atoms with van der Waals surface area (Å²) in [6.07, 6.45) is 2.21. The monoisotopic (exact) mass is 393 g/mol. The Bertz CT molecular complexity index is 1070. The summed E-state index contributed by atoms with van der Waals surface area (Å²) in [6.45, 7) is 0. The molecule has 5 heteroatoms. The molecule has 3 nitrogen and oxygen atoms in total. The van der Waals surface area contributed by atoms with Gasteiger partial charge >= 0.3 is 0 Å². The van der Waals surface area contributed by atoms with E-state index in [2.05, 4.69) is 30.9 Å². The van der Waals surface area contributed by atoms with Crippen LogP contribution in [0.25, 0.3) is 22.4 Å². The van der Waals surface area contributed by atoms with Crippen molar-refractivity contribution in [1.29, 1.82) is 0 Å². The molecule has 4 rings (SSSR count). The first-order chi connectivity index (χ1) is 12.2. The zero-order chi connectivity index (χ0) is 17.2. The maximum atomic E-state index is 14.1. The van der Waals surface area contributed by atoms with Crippen molar-refractivity contribution in [3.05, 3.63) is 88.4 Å². The van der Waals surface area contributed by atoms with E-state index in [0.717, 1.165) is 21.1 Å². The zero-order valence-electron chi connectivity index (χ0n) is 13.2. The molecule has 0 atom stereocenters. The molecule has 0 fully saturated rings. The number of benzene rings is 2. The van der Waals surface area contributed by atoms with Crippen LogP contribution in [-0.4, -0.2) is 15.0 Å². The lowest BCUT2D eigenvalue weighted by Gasteiger charge is -2.06. The fourth-order valence-corrected chi connectivity index (χ4v) is 2.99. The van der Waals surface area contributed by atoms with Crippen LogP contribution in [0.4, 0.5) is 4.39 Å². The number of pyridine rings is 1. The molecule has 2 aromatic heterocycles. The number of halogens is 2.